The molecule has 3 aromatic rings. The van der Waals surface area contributed by atoms with Gasteiger partial charge in [0, 0.05) is 18.2 Å². The van der Waals surface area contributed by atoms with Gasteiger partial charge in [0.1, 0.15) is 11.9 Å². The predicted octanol–water partition coefficient (Wildman–Crippen LogP) is 4.27. The number of nitriles is 1. The number of nitrogens with one attached hydrogen (secondary N) is 2. The largest absolute Gasteiger partial charge is 0.347 e. The Bertz CT molecular complexity index is 1070. The molecule has 3 rings (SSSR count). The molecule has 0 atom stereocenters. The predicted molar refractivity (Wildman–Crippen MR) is 109 cm³/mol. The third kappa shape index (κ3) is 4.74. The summed E-state index contributed by atoms with van der Waals surface area (Å²) < 4.78 is 13.1. The van der Waals surface area contributed by atoms with Crippen LogP contribution in [0.5, 0.6) is 0 Å². The van der Waals surface area contributed by atoms with Gasteiger partial charge in [-0.15, -0.1) is 0 Å². The first-order valence-electron chi connectivity index (χ1n) is 8.98. The fourth-order valence-electron chi connectivity index (χ4n) is 2.96. The van der Waals surface area contributed by atoms with Crippen molar-refractivity contribution in [1.82, 2.24) is 15.3 Å². The molecule has 0 unspecified atom stereocenters. The first kappa shape index (κ1) is 20.0. The molecule has 0 bridgehead atoms. The number of carbonyl (C=O) groups excluding carboxylic acids is 1. The lowest BCUT2D eigenvalue weighted by atomic mass is 9.92. The van der Waals surface area contributed by atoms with Gasteiger partial charge in [-0.3, -0.25) is 4.79 Å². The lowest BCUT2D eigenvalue weighted by Crippen LogP contribution is -2.39. The van der Waals surface area contributed by atoms with E-state index in [1.54, 1.807) is 12.1 Å². The van der Waals surface area contributed by atoms with Crippen LogP contribution in [0.1, 0.15) is 31.9 Å². The number of aromatic nitrogens is 2. The average Bonchev–Trinajstić information content (AvgIpc) is 2.69. The van der Waals surface area contributed by atoms with Gasteiger partial charge in [-0.1, -0.05) is 24.3 Å². The molecule has 2 N–H and O–H groups in total. The number of amides is 1. The first-order chi connectivity index (χ1) is 13.8. The van der Waals surface area contributed by atoms with E-state index < -0.39 is 5.54 Å². The molecule has 1 amide bonds. The van der Waals surface area contributed by atoms with Crippen molar-refractivity contribution in [3.05, 3.63) is 71.7 Å². The fraction of sp³-hybridized carbons (Fsp3) is 0.182. The number of halogens is 1. The van der Waals surface area contributed by atoms with Crippen LogP contribution in [0.2, 0.25) is 0 Å². The van der Waals surface area contributed by atoms with Crippen LogP contribution in [0.4, 0.5) is 16.0 Å². The SMILES string of the molecule is CC(=O)NC(C)(C)c1ccc(-c2nc(Nc3ccc(F)cc3)ncc2C#N)cc1. The Balaban J connectivity index is 1.92. The van der Waals surface area contributed by atoms with Crippen LogP contribution in [0.15, 0.2) is 54.7 Å². The minimum Gasteiger partial charge on any atom is -0.347 e. The molecule has 0 spiro atoms. The molecule has 146 valence electrons. The summed E-state index contributed by atoms with van der Waals surface area (Å²) in [6.45, 7) is 5.31. The number of benzene rings is 2. The summed E-state index contributed by atoms with van der Waals surface area (Å²) in [4.78, 5) is 20.0. The average molecular weight is 389 g/mol. The standard InChI is InChI=1S/C22H20FN5O/c1-14(29)28-22(2,3)17-6-4-15(5-7-17)20-16(12-24)13-25-21(27-20)26-19-10-8-18(23)9-11-19/h4-11,13H,1-3H3,(H,28,29)(H,25,26,27). The summed E-state index contributed by atoms with van der Waals surface area (Å²) in [7, 11) is 0. The Morgan fingerprint density at radius 3 is 2.34 bits per heavy atom. The van der Waals surface area contributed by atoms with Crippen molar-refractivity contribution in [2.75, 3.05) is 5.32 Å². The van der Waals surface area contributed by atoms with Crippen molar-refractivity contribution < 1.29 is 9.18 Å². The lowest BCUT2D eigenvalue weighted by Gasteiger charge is -2.26. The normalized spacial score (nSPS) is 10.9. The van der Waals surface area contributed by atoms with Crippen LogP contribution in [0, 0.1) is 17.1 Å². The highest BCUT2D eigenvalue weighted by molar-refractivity contribution is 5.74. The fourth-order valence-corrected chi connectivity index (χ4v) is 2.96. The van der Waals surface area contributed by atoms with Crippen molar-refractivity contribution in [3.8, 4) is 17.3 Å². The van der Waals surface area contributed by atoms with Gasteiger partial charge >= 0.3 is 0 Å². The smallest absolute Gasteiger partial charge is 0.227 e. The van der Waals surface area contributed by atoms with Crippen molar-refractivity contribution in [2.45, 2.75) is 26.3 Å². The summed E-state index contributed by atoms with van der Waals surface area (Å²) in [5.74, 6) is -0.148. The number of carbonyl (C=O) groups is 1. The van der Waals surface area contributed by atoms with Crippen LogP contribution in [0.3, 0.4) is 0 Å². The Kier molecular flexibility index (Phi) is 5.55. The van der Waals surface area contributed by atoms with E-state index in [4.69, 9.17) is 0 Å². The second-order valence-corrected chi connectivity index (χ2v) is 7.08. The summed E-state index contributed by atoms with van der Waals surface area (Å²) >= 11 is 0. The molecule has 29 heavy (non-hydrogen) atoms. The van der Waals surface area contributed by atoms with E-state index in [2.05, 4.69) is 26.7 Å². The zero-order chi connectivity index (χ0) is 21.0. The molecule has 7 heteroatoms. The van der Waals surface area contributed by atoms with Crippen molar-refractivity contribution >= 4 is 17.5 Å². The maximum absolute atomic E-state index is 13.1. The van der Waals surface area contributed by atoms with E-state index in [-0.39, 0.29) is 11.7 Å². The molecular formula is C22H20FN5O. The maximum Gasteiger partial charge on any atom is 0.227 e. The molecule has 2 aromatic carbocycles. The highest BCUT2D eigenvalue weighted by Gasteiger charge is 2.21. The Hall–Kier alpha value is -3.79. The molecule has 0 fully saturated rings. The van der Waals surface area contributed by atoms with E-state index in [0.29, 0.717) is 22.9 Å². The van der Waals surface area contributed by atoms with Gasteiger partial charge in [-0.25, -0.2) is 14.4 Å². The van der Waals surface area contributed by atoms with Gasteiger partial charge < -0.3 is 10.6 Å². The highest BCUT2D eigenvalue weighted by atomic mass is 19.1. The maximum atomic E-state index is 13.1. The molecule has 0 aliphatic rings. The zero-order valence-electron chi connectivity index (χ0n) is 16.3. The Morgan fingerprint density at radius 1 is 1.10 bits per heavy atom. The molecule has 0 saturated carbocycles. The van der Waals surface area contributed by atoms with Gasteiger partial charge in [0.05, 0.1) is 23.0 Å². The summed E-state index contributed by atoms with van der Waals surface area (Å²) in [5.41, 5.74) is 2.60. The Labute approximate surface area is 168 Å². The Morgan fingerprint density at radius 2 is 1.76 bits per heavy atom. The summed E-state index contributed by atoms with van der Waals surface area (Å²) in [6, 6.07) is 15.4. The molecule has 0 saturated heterocycles. The van der Waals surface area contributed by atoms with Crippen molar-refractivity contribution in [2.24, 2.45) is 0 Å². The monoisotopic (exact) mass is 389 g/mol. The molecule has 6 nitrogen and oxygen atoms in total. The third-order valence-corrected chi connectivity index (χ3v) is 4.38. The lowest BCUT2D eigenvalue weighted by molar-refractivity contribution is -0.120. The highest BCUT2D eigenvalue weighted by Crippen LogP contribution is 2.27. The topological polar surface area (TPSA) is 90.7 Å². The zero-order valence-corrected chi connectivity index (χ0v) is 16.3. The van der Waals surface area contributed by atoms with E-state index in [1.807, 2.05) is 38.1 Å². The number of rotatable bonds is 5. The second-order valence-electron chi connectivity index (χ2n) is 7.08. The van der Waals surface area contributed by atoms with Crippen LogP contribution < -0.4 is 10.6 Å². The van der Waals surface area contributed by atoms with Crippen LogP contribution >= 0.6 is 0 Å². The van der Waals surface area contributed by atoms with Gasteiger partial charge in [0.2, 0.25) is 11.9 Å². The number of anilines is 2. The quantitative estimate of drug-likeness (QED) is 0.680. The van der Waals surface area contributed by atoms with Gasteiger partial charge in [-0.05, 0) is 43.7 Å². The van der Waals surface area contributed by atoms with Crippen molar-refractivity contribution in [1.29, 1.82) is 5.26 Å². The van der Waals surface area contributed by atoms with Gasteiger partial charge in [0.15, 0.2) is 0 Å². The molecule has 1 heterocycles. The first-order valence-corrected chi connectivity index (χ1v) is 8.98. The van der Waals surface area contributed by atoms with Crippen LogP contribution in [-0.2, 0) is 10.3 Å². The van der Waals surface area contributed by atoms with Crippen LogP contribution in [-0.4, -0.2) is 15.9 Å². The van der Waals surface area contributed by atoms with E-state index in [9.17, 15) is 14.4 Å². The molecule has 0 radical (unpaired) electrons. The summed E-state index contributed by atoms with van der Waals surface area (Å²) in [6.07, 6.45) is 1.45. The van der Waals surface area contributed by atoms with Gasteiger partial charge in [0.25, 0.3) is 0 Å². The second kappa shape index (κ2) is 8.07. The molecule has 0 aliphatic carbocycles. The van der Waals surface area contributed by atoms with Crippen LogP contribution in [0.25, 0.3) is 11.3 Å². The number of hydrogen-bond acceptors (Lipinski definition) is 5. The number of hydrogen-bond donors (Lipinski definition) is 2. The third-order valence-electron chi connectivity index (χ3n) is 4.38. The molecular weight excluding hydrogens is 369 g/mol. The number of nitrogens with zero attached hydrogens (tertiary/aromatic N) is 3. The molecule has 0 aliphatic heterocycles. The van der Waals surface area contributed by atoms with E-state index >= 15 is 0 Å². The van der Waals surface area contributed by atoms with Crippen molar-refractivity contribution in [3.63, 3.8) is 0 Å². The minimum absolute atomic E-state index is 0.113. The minimum atomic E-state index is -0.524. The van der Waals surface area contributed by atoms with Gasteiger partial charge in [-0.2, -0.15) is 5.26 Å². The summed E-state index contributed by atoms with van der Waals surface area (Å²) in [5, 5.41) is 15.3. The van der Waals surface area contributed by atoms with E-state index in [1.165, 1.54) is 25.3 Å². The molecule has 1 aromatic heterocycles. The van der Waals surface area contributed by atoms with E-state index in [0.717, 1.165) is 11.1 Å².